The molecule has 1 heterocycles. The van der Waals surface area contributed by atoms with Crippen LogP contribution in [0.3, 0.4) is 0 Å². The van der Waals surface area contributed by atoms with E-state index in [1.807, 2.05) is 27.0 Å². The molecule has 1 atom stereocenters. The summed E-state index contributed by atoms with van der Waals surface area (Å²) in [6.07, 6.45) is 0. The molecular formula is C9H16N2O. The lowest BCUT2D eigenvalue weighted by Crippen LogP contribution is -2.15. The van der Waals surface area contributed by atoms with Gasteiger partial charge in [0.05, 0.1) is 12.6 Å². The summed E-state index contributed by atoms with van der Waals surface area (Å²) < 4.78 is 2.07. The summed E-state index contributed by atoms with van der Waals surface area (Å²) in [5.74, 6) is 0. The summed E-state index contributed by atoms with van der Waals surface area (Å²) in [5.41, 5.74) is 9.06. The molecular weight excluding hydrogens is 152 g/mol. The molecule has 0 saturated carbocycles. The van der Waals surface area contributed by atoms with Crippen LogP contribution in [-0.4, -0.2) is 16.3 Å². The molecule has 0 spiro atoms. The third-order valence-electron chi connectivity index (χ3n) is 2.41. The van der Waals surface area contributed by atoms with E-state index in [0.717, 1.165) is 11.3 Å². The Morgan fingerprint density at radius 1 is 1.58 bits per heavy atom. The van der Waals surface area contributed by atoms with E-state index in [2.05, 4.69) is 4.57 Å². The first-order valence-corrected chi connectivity index (χ1v) is 4.07. The number of aromatic nitrogens is 1. The minimum absolute atomic E-state index is 0.00426. The smallest absolute Gasteiger partial charge is 0.0625 e. The van der Waals surface area contributed by atoms with Crippen LogP contribution in [0, 0.1) is 13.8 Å². The van der Waals surface area contributed by atoms with E-state index < -0.39 is 0 Å². The Hall–Kier alpha value is -0.800. The lowest BCUT2D eigenvalue weighted by Gasteiger charge is -2.07. The maximum Gasteiger partial charge on any atom is 0.0625 e. The van der Waals surface area contributed by atoms with Gasteiger partial charge in [0.15, 0.2) is 0 Å². The second-order valence-corrected chi connectivity index (χ2v) is 3.17. The quantitative estimate of drug-likeness (QED) is 0.680. The summed E-state index contributed by atoms with van der Waals surface area (Å²) in [6.45, 7) is 4.04. The van der Waals surface area contributed by atoms with Crippen LogP contribution in [0.1, 0.15) is 23.0 Å². The van der Waals surface area contributed by atoms with Gasteiger partial charge in [-0.3, -0.25) is 0 Å². The Morgan fingerprint density at radius 2 is 2.17 bits per heavy atom. The fourth-order valence-electron chi connectivity index (χ4n) is 1.36. The van der Waals surface area contributed by atoms with Gasteiger partial charge in [0.2, 0.25) is 0 Å². The highest BCUT2D eigenvalue weighted by Gasteiger charge is 2.11. The number of nitrogens with two attached hydrogens (primary N) is 1. The monoisotopic (exact) mass is 168 g/mol. The molecule has 1 aromatic heterocycles. The lowest BCUT2D eigenvalue weighted by atomic mass is 10.1. The van der Waals surface area contributed by atoms with Crippen LogP contribution in [0.25, 0.3) is 0 Å². The van der Waals surface area contributed by atoms with Crippen LogP contribution in [0.15, 0.2) is 6.07 Å². The van der Waals surface area contributed by atoms with Crippen LogP contribution >= 0.6 is 0 Å². The van der Waals surface area contributed by atoms with Gasteiger partial charge in [-0.25, -0.2) is 0 Å². The maximum atomic E-state index is 8.88. The molecule has 12 heavy (non-hydrogen) atoms. The third-order valence-corrected chi connectivity index (χ3v) is 2.41. The zero-order valence-electron chi connectivity index (χ0n) is 7.83. The van der Waals surface area contributed by atoms with Gasteiger partial charge in [-0.1, -0.05) is 0 Å². The van der Waals surface area contributed by atoms with Gasteiger partial charge in [0.1, 0.15) is 0 Å². The minimum atomic E-state index is -0.245. The number of hydrogen-bond acceptors (Lipinski definition) is 2. The van der Waals surface area contributed by atoms with Crippen molar-refractivity contribution in [3.8, 4) is 0 Å². The van der Waals surface area contributed by atoms with Crippen molar-refractivity contribution in [2.45, 2.75) is 19.9 Å². The normalized spacial score (nSPS) is 13.4. The van der Waals surface area contributed by atoms with Gasteiger partial charge in [-0.05, 0) is 25.5 Å². The van der Waals surface area contributed by atoms with Crippen molar-refractivity contribution in [3.05, 3.63) is 23.0 Å². The van der Waals surface area contributed by atoms with Crippen LogP contribution < -0.4 is 5.73 Å². The summed E-state index contributed by atoms with van der Waals surface area (Å²) >= 11 is 0. The average Bonchev–Trinajstić information content (AvgIpc) is 2.32. The highest BCUT2D eigenvalue weighted by molar-refractivity contribution is 5.29. The van der Waals surface area contributed by atoms with Gasteiger partial charge >= 0.3 is 0 Å². The Labute approximate surface area is 72.8 Å². The van der Waals surface area contributed by atoms with E-state index in [0.29, 0.717) is 0 Å². The molecule has 0 aliphatic rings. The highest BCUT2D eigenvalue weighted by atomic mass is 16.3. The summed E-state index contributed by atoms with van der Waals surface area (Å²) in [7, 11) is 2.00. The van der Waals surface area contributed by atoms with Crippen molar-refractivity contribution in [3.63, 3.8) is 0 Å². The first-order chi connectivity index (χ1) is 5.57. The number of aliphatic hydroxyl groups excluding tert-OH is 1. The molecule has 3 nitrogen and oxygen atoms in total. The standard InChI is InChI=1S/C9H16N2O/c1-6-4-8(9(10)5-12)7(2)11(6)3/h4,9,12H,5,10H2,1-3H3. The zero-order valence-corrected chi connectivity index (χ0v) is 7.83. The summed E-state index contributed by atoms with van der Waals surface area (Å²) in [6, 6.07) is 1.78. The molecule has 0 amide bonds. The van der Waals surface area contributed by atoms with E-state index in [1.54, 1.807) is 0 Å². The van der Waals surface area contributed by atoms with Crippen LogP contribution in [0.4, 0.5) is 0 Å². The fraction of sp³-hybridized carbons (Fsp3) is 0.556. The Balaban J connectivity index is 3.08. The SMILES string of the molecule is Cc1cc(C(N)CO)c(C)n1C. The number of hydrogen-bond donors (Lipinski definition) is 2. The van der Waals surface area contributed by atoms with Crippen LogP contribution in [0.5, 0.6) is 0 Å². The number of aliphatic hydroxyl groups is 1. The van der Waals surface area contributed by atoms with Crippen molar-refractivity contribution >= 4 is 0 Å². The van der Waals surface area contributed by atoms with E-state index in [9.17, 15) is 0 Å². The van der Waals surface area contributed by atoms with Crippen molar-refractivity contribution in [2.75, 3.05) is 6.61 Å². The zero-order chi connectivity index (χ0) is 9.30. The topological polar surface area (TPSA) is 51.2 Å². The second-order valence-electron chi connectivity index (χ2n) is 3.17. The maximum absolute atomic E-state index is 8.88. The van der Waals surface area contributed by atoms with E-state index in [-0.39, 0.29) is 12.6 Å². The molecule has 68 valence electrons. The Kier molecular flexibility index (Phi) is 2.55. The highest BCUT2D eigenvalue weighted by Crippen LogP contribution is 2.18. The molecule has 1 rings (SSSR count). The molecule has 0 radical (unpaired) electrons. The fourth-order valence-corrected chi connectivity index (χ4v) is 1.36. The molecule has 0 fully saturated rings. The molecule has 3 N–H and O–H groups in total. The van der Waals surface area contributed by atoms with Gasteiger partial charge < -0.3 is 15.4 Å². The second kappa shape index (κ2) is 3.29. The molecule has 0 saturated heterocycles. The predicted octanol–water partition coefficient (Wildman–Crippen LogP) is 0.634. The number of nitrogens with zero attached hydrogens (tertiary/aromatic N) is 1. The number of rotatable bonds is 2. The lowest BCUT2D eigenvalue weighted by molar-refractivity contribution is 0.267. The molecule has 3 heteroatoms. The minimum Gasteiger partial charge on any atom is -0.394 e. The van der Waals surface area contributed by atoms with Crippen LogP contribution in [-0.2, 0) is 7.05 Å². The van der Waals surface area contributed by atoms with Crippen LogP contribution in [0.2, 0.25) is 0 Å². The van der Waals surface area contributed by atoms with Gasteiger partial charge in [0, 0.05) is 18.4 Å². The molecule has 1 unspecified atom stereocenters. The van der Waals surface area contributed by atoms with Crippen molar-refractivity contribution in [2.24, 2.45) is 12.8 Å². The van der Waals surface area contributed by atoms with Gasteiger partial charge in [-0.2, -0.15) is 0 Å². The Morgan fingerprint density at radius 3 is 2.50 bits per heavy atom. The molecule has 0 aromatic carbocycles. The first kappa shape index (κ1) is 9.29. The van der Waals surface area contributed by atoms with Crippen molar-refractivity contribution in [1.82, 2.24) is 4.57 Å². The number of aryl methyl sites for hydroxylation is 1. The summed E-state index contributed by atoms with van der Waals surface area (Å²) in [4.78, 5) is 0. The third kappa shape index (κ3) is 1.38. The Bertz CT molecular complexity index is 278. The van der Waals surface area contributed by atoms with E-state index in [1.165, 1.54) is 5.69 Å². The largest absolute Gasteiger partial charge is 0.394 e. The molecule has 1 aromatic rings. The van der Waals surface area contributed by atoms with Crippen molar-refractivity contribution < 1.29 is 5.11 Å². The summed E-state index contributed by atoms with van der Waals surface area (Å²) in [5, 5.41) is 8.88. The first-order valence-electron chi connectivity index (χ1n) is 4.07. The molecule has 0 aliphatic carbocycles. The van der Waals surface area contributed by atoms with Gasteiger partial charge in [-0.15, -0.1) is 0 Å². The van der Waals surface area contributed by atoms with Gasteiger partial charge in [0.25, 0.3) is 0 Å². The van der Waals surface area contributed by atoms with Crippen molar-refractivity contribution in [1.29, 1.82) is 0 Å². The van der Waals surface area contributed by atoms with E-state index >= 15 is 0 Å². The average molecular weight is 168 g/mol. The molecule has 0 aliphatic heterocycles. The van der Waals surface area contributed by atoms with E-state index in [4.69, 9.17) is 10.8 Å². The molecule has 0 bridgehead atoms. The predicted molar refractivity (Wildman–Crippen MR) is 48.9 cm³/mol.